The highest BCUT2D eigenvalue weighted by Crippen LogP contribution is 2.20. The van der Waals surface area contributed by atoms with Gasteiger partial charge < -0.3 is 15.8 Å². The first kappa shape index (κ1) is 13.4. The SMILES string of the molecule is COc1ccc(N)c(C(=O)NC2C=CS(=O)(=O)C2)c1. The molecule has 0 radical (unpaired) electrons. The molecule has 1 aliphatic rings. The lowest BCUT2D eigenvalue weighted by atomic mass is 10.1. The number of rotatable bonds is 3. The Kier molecular flexibility index (Phi) is 3.48. The number of sulfone groups is 1. The van der Waals surface area contributed by atoms with Crippen molar-refractivity contribution in [3.8, 4) is 5.75 Å². The van der Waals surface area contributed by atoms with Gasteiger partial charge in [-0.25, -0.2) is 8.42 Å². The fraction of sp³-hybridized carbons (Fsp3) is 0.250. The third-order valence-corrected chi connectivity index (χ3v) is 4.15. The van der Waals surface area contributed by atoms with Crippen LogP contribution in [0.15, 0.2) is 29.7 Å². The van der Waals surface area contributed by atoms with Gasteiger partial charge in [-0.1, -0.05) is 0 Å². The lowest BCUT2D eigenvalue weighted by molar-refractivity contribution is 0.0948. The topological polar surface area (TPSA) is 98.5 Å². The summed E-state index contributed by atoms with van der Waals surface area (Å²) in [5, 5.41) is 3.71. The average Bonchev–Trinajstić information content (AvgIpc) is 2.69. The fourth-order valence-electron chi connectivity index (χ4n) is 1.77. The molecule has 0 saturated carbocycles. The van der Waals surface area contributed by atoms with Crippen LogP contribution < -0.4 is 15.8 Å². The van der Waals surface area contributed by atoms with Crippen LogP contribution in [-0.4, -0.2) is 33.2 Å². The number of carbonyl (C=O) groups is 1. The highest BCUT2D eigenvalue weighted by molar-refractivity contribution is 7.94. The van der Waals surface area contributed by atoms with Gasteiger partial charge in [0.15, 0.2) is 9.84 Å². The molecule has 1 amide bonds. The van der Waals surface area contributed by atoms with Crippen LogP contribution in [0.4, 0.5) is 5.69 Å². The minimum absolute atomic E-state index is 0.122. The highest BCUT2D eigenvalue weighted by Gasteiger charge is 2.24. The minimum Gasteiger partial charge on any atom is -0.497 e. The second kappa shape index (κ2) is 4.93. The van der Waals surface area contributed by atoms with Crippen LogP contribution in [0.3, 0.4) is 0 Å². The van der Waals surface area contributed by atoms with E-state index in [0.717, 1.165) is 5.41 Å². The van der Waals surface area contributed by atoms with Gasteiger partial charge in [0.2, 0.25) is 0 Å². The molecule has 1 aromatic carbocycles. The van der Waals surface area contributed by atoms with Crippen molar-refractivity contribution in [1.82, 2.24) is 5.32 Å². The zero-order valence-corrected chi connectivity index (χ0v) is 11.1. The number of nitrogens with two attached hydrogens (primary N) is 1. The standard InChI is InChI=1S/C12H14N2O4S/c1-18-9-2-3-11(13)10(6-9)12(15)14-8-4-5-19(16,17)7-8/h2-6,8H,7,13H2,1H3,(H,14,15). The van der Waals surface area contributed by atoms with Crippen molar-refractivity contribution in [1.29, 1.82) is 0 Å². The van der Waals surface area contributed by atoms with E-state index < -0.39 is 21.8 Å². The maximum absolute atomic E-state index is 12.0. The van der Waals surface area contributed by atoms with Gasteiger partial charge in [-0.2, -0.15) is 0 Å². The molecular weight excluding hydrogens is 268 g/mol. The zero-order chi connectivity index (χ0) is 14.0. The van der Waals surface area contributed by atoms with Crippen molar-refractivity contribution in [2.75, 3.05) is 18.6 Å². The van der Waals surface area contributed by atoms with Gasteiger partial charge in [0.25, 0.3) is 5.91 Å². The molecule has 0 aromatic heterocycles. The number of nitrogen functional groups attached to an aromatic ring is 1. The normalized spacial score (nSPS) is 20.2. The van der Waals surface area contributed by atoms with Crippen LogP contribution >= 0.6 is 0 Å². The van der Waals surface area contributed by atoms with E-state index in [1.807, 2.05) is 0 Å². The van der Waals surface area contributed by atoms with Crippen molar-refractivity contribution in [3.05, 3.63) is 35.2 Å². The Labute approximate surface area is 111 Å². The number of amides is 1. The molecule has 0 spiro atoms. The summed E-state index contributed by atoms with van der Waals surface area (Å²) in [6.45, 7) is 0. The summed E-state index contributed by atoms with van der Waals surface area (Å²) in [5.74, 6) is -0.0418. The highest BCUT2D eigenvalue weighted by atomic mass is 32.2. The van der Waals surface area contributed by atoms with E-state index in [0.29, 0.717) is 11.4 Å². The number of benzene rings is 1. The van der Waals surface area contributed by atoms with E-state index >= 15 is 0 Å². The van der Waals surface area contributed by atoms with Crippen molar-refractivity contribution in [2.24, 2.45) is 0 Å². The molecule has 102 valence electrons. The van der Waals surface area contributed by atoms with Gasteiger partial charge in [-0.15, -0.1) is 0 Å². The summed E-state index contributed by atoms with van der Waals surface area (Å²) in [6, 6.07) is 4.20. The number of methoxy groups -OCH3 is 1. The number of ether oxygens (including phenoxy) is 1. The first-order chi connectivity index (χ1) is 8.91. The first-order valence-corrected chi connectivity index (χ1v) is 7.28. The zero-order valence-electron chi connectivity index (χ0n) is 10.3. The van der Waals surface area contributed by atoms with Crippen LogP contribution in [0.1, 0.15) is 10.4 Å². The Balaban J connectivity index is 2.15. The molecule has 1 heterocycles. The van der Waals surface area contributed by atoms with E-state index in [2.05, 4.69) is 5.32 Å². The summed E-state index contributed by atoms with van der Waals surface area (Å²) >= 11 is 0. The smallest absolute Gasteiger partial charge is 0.254 e. The summed E-state index contributed by atoms with van der Waals surface area (Å²) in [7, 11) is -1.71. The van der Waals surface area contributed by atoms with E-state index in [-0.39, 0.29) is 11.3 Å². The van der Waals surface area contributed by atoms with E-state index in [1.165, 1.54) is 19.3 Å². The summed E-state index contributed by atoms with van der Waals surface area (Å²) < 4.78 is 27.5. The van der Waals surface area contributed by atoms with E-state index in [4.69, 9.17) is 10.5 Å². The largest absolute Gasteiger partial charge is 0.497 e. The molecule has 7 heteroatoms. The molecule has 1 atom stereocenters. The number of hydrogen-bond acceptors (Lipinski definition) is 5. The van der Waals surface area contributed by atoms with Crippen molar-refractivity contribution in [3.63, 3.8) is 0 Å². The third-order valence-electron chi connectivity index (χ3n) is 2.75. The number of hydrogen-bond donors (Lipinski definition) is 2. The quantitative estimate of drug-likeness (QED) is 0.778. The molecular formula is C12H14N2O4S. The van der Waals surface area contributed by atoms with Crippen LogP contribution in [0.5, 0.6) is 5.75 Å². The molecule has 1 aromatic rings. The minimum atomic E-state index is -3.20. The molecule has 0 fully saturated rings. The Morgan fingerprint density at radius 2 is 2.21 bits per heavy atom. The molecule has 6 nitrogen and oxygen atoms in total. The van der Waals surface area contributed by atoms with E-state index in [1.54, 1.807) is 12.1 Å². The molecule has 19 heavy (non-hydrogen) atoms. The van der Waals surface area contributed by atoms with E-state index in [9.17, 15) is 13.2 Å². The lowest BCUT2D eigenvalue weighted by Gasteiger charge is -2.12. The number of nitrogens with one attached hydrogen (secondary N) is 1. The van der Waals surface area contributed by atoms with Crippen molar-refractivity contribution >= 4 is 21.4 Å². The van der Waals surface area contributed by atoms with Crippen LogP contribution in [0, 0.1) is 0 Å². The molecule has 0 aliphatic carbocycles. The molecule has 0 bridgehead atoms. The fourth-order valence-corrected chi connectivity index (χ4v) is 3.01. The predicted octanol–water partition coefficient (Wildman–Crippen LogP) is 0.318. The van der Waals surface area contributed by atoms with Crippen LogP contribution in [0.25, 0.3) is 0 Å². The second-order valence-electron chi connectivity index (χ2n) is 4.19. The summed E-state index contributed by atoms with van der Waals surface area (Å²) in [6.07, 6.45) is 1.45. The Bertz CT molecular complexity index is 637. The maximum Gasteiger partial charge on any atom is 0.254 e. The Hall–Kier alpha value is -2.02. The summed E-state index contributed by atoms with van der Waals surface area (Å²) in [4.78, 5) is 12.0. The van der Waals surface area contributed by atoms with Gasteiger partial charge in [0.05, 0.1) is 24.5 Å². The van der Waals surface area contributed by atoms with Gasteiger partial charge in [-0.3, -0.25) is 4.79 Å². The van der Waals surface area contributed by atoms with Gasteiger partial charge in [0.1, 0.15) is 5.75 Å². The van der Waals surface area contributed by atoms with Gasteiger partial charge in [0, 0.05) is 11.1 Å². The molecule has 3 N–H and O–H groups in total. The summed E-state index contributed by atoms with van der Waals surface area (Å²) in [5.41, 5.74) is 6.29. The van der Waals surface area contributed by atoms with Gasteiger partial charge >= 0.3 is 0 Å². The predicted molar refractivity (Wildman–Crippen MR) is 71.6 cm³/mol. The Morgan fingerprint density at radius 1 is 1.47 bits per heavy atom. The van der Waals surface area contributed by atoms with Crippen molar-refractivity contribution < 1.29 is 17.9 Å². The maximum atomic E-state index is 12.0. The number of anilines is 1. The number of carbonyl (C=O) groups excluding carboxylic acids is 1. The molecule has 1 aliphatic heterocycles. The molecule has 0 saturated heterocycles. The first-order valence-electron chi connectivity index (χ1n) is 5.56. The average molecular weight is 282 g/mol. The Morgan fingerprint density at radius 3 is 2.79 bits per heavy atom. The van der Waals surface area contributed by atoms with Crippen molar-refractivity contribution in [2.45, 2.75) is 6.04 Å². The monoisotopic (exact) mass is 282 g/mol. The third kappa shape index (κ3) is 3.05. The lowest BCUT2D eigenvalue weighted by Crippen LogP contribution is -2.35. The van der Waals surface area contributed by atoms with Gasteiger partial charge in [-0.05, 0) is 24.3 Å². The van der Waals surface area contributed by atoms with Crippen LogP contribution in [-0.2, 0) is 9.84 Å². The van der Waals surface area contributed by atoms with Crippen LogP contribution in [0.2, 0.25) is 0 Å². The molecule has 2 rings (SSSR count). The second-order valence-corrected chi connectivity index (χ2v) is 6.12. The molecule has 1 unspecified atom stereocenters.